The van der Waals surface area contributed by atoms with E-state index in [4.69, 9.17) is 9.15 Å². The Balaban J connectivity index is 1.84. The van der Waals surface area contributed by atoms with Gasteiger partial charge in [0.2, 0.25) is 5.91 Å². The minimum atomic E-state index is -0.130. The summed E-state index contributed by atoms with van der Waals surface area (Å²) in [6.07, 6.45) is 0. The van der Waals surface area contributed by atoms with Crippen LogP contribution < -0.4 is 10.6 Å². The molecule has 6 nitrogen and oxygen atoms in total. The van der Waals surface area contributed by atoms with Crippen molar-refractivity contribution in [2.24, 2.45) is 0 Å². The first-order chi connectivity index (χ1) is 8.79. The Morgan fingerprint density at radius 3 is 3.06 bits per heavy atom. The third kappa shape index (κ3) is 3.21. The van der Waals surface area contributed by atoms with Gasteiger partial charge in [-0.05, 0) is 12.1 Å². The predicted molar refractivity (Wildman–Crippen MR) is 67.4 cm³/mol. The second kappa shape index (κ2) is 6.02. The molecule has 0 aliphatic rings. The zero-order valence-corrected chi connectivity index (χ0v) is 10.1. The van der Waals surface area contributed by atoms with Gasteiger partial charge in [0, 0.05) is 13.7 Å². The van der Waals surface area contributed by atoms with E-state index in [1.807, 2.05) is 24.3 Å². The Morgan fingerprint density at radius 1 is 1.44 bits per heavy atom. The number of aromatic nitrogens is 1. The van der Waals surface area contributed by atoms with Crippen LogP contribution in [-0.2, 0) is 9.53 Å². The summed E-state index contributed by atoms with van der Waals surface area (Å²) in [5, 5.41) is 5.52. The van der Waals surface area contributed by atoms with Crippen LogP contribution in [0.3, 0.4) is 0 Å². The highest BCUT2D eigenvalue weighted by atomic mass is 16.5. The summed E-state index contributed by atoms with van der Waals surface area (Å²) in [5.41, 5.74) is 1.46. The molecule has 0 radical (unpaired) electrons. The first kappa shape index (κ1) is 12.4. The van der Waals surface area contributed by atoms with Crippen LogP contribution in [0, 0.1) is 0 Å². The lowest BCUT2D eigenvalue weighted by molar-refractivity contribution is -0.119. The number of ether oxygens (including phenoxy) is 1. The molecule has 0 spiro atoms. The van der Waals surface area contributed by atoms with E-state index in [0.717, 1.165) is 5.52 Å². The van der Waals surface area contributed by atoms with E-state index in [1.54, 1.807) is 7.11 Å². The molecule has 6 heteroatoms. The molecule has 0 bridgehead atoms. The fourth-order valence-corrected chi connectivity index (χ4v) is 1.46. The van der Waals surface area contributed by atoms with Crippen LogP contribution >= 0.6 is 0 Å². The molecule has 1 aromatic carbocycles. The van der Waals surface area contributed by atoms with E-state index < -0.39 is 0 Å². The molecule has 1 heterocycles. The molecule has 1 amide bonds. The molecule has 96 valence electrons. The molecule has 2 N–H and O–H groups in total. The van der Waals surface area contributed by atoms with E-state index in [1.165, 1.54) is 0 Å². The number of nitrogens with one attached hydrogen (secondary N) is 2. The second-order valence-electron chi connectivity index (χ2n) is 3.68. The van der Waals surface area contributed by atoms with Crippen molar-refractivity contribution in [3.05, 3.63) is 24.3 Å². The number of methoxy groups -OCH3 is 1. The predicted octanol–water partition coefficient (Wildman–Crippen LogP) is 1.00. The number of para-hydroxylation sites is 2. The molecule has 0 atom stereocenters. The van der Waals surface area contributed by atoms with Gasteiger partial charge in [-0.3, -0.25) is 4.79 Å². The highest BCUT2D eigenvalue weighted by Crippen LogP contribution is 2.17. The number of anilines is 1. The zero-order valence-electron chi connectivity index (χ0n) is 10.1. The monoisotopic (exact) mass is 249 g/mol. The largest absolute Gasteiger partial charge is 0.424 e. The molecular weight excluding hydrogens is 234 g/mol. The topological polar surface area (TPSA) is 76.4 Å². The summed E-state index contributed by atoms with van der Waals surface area (Å²) in [6.45, 7) is 1.11. The van der Waals surface area contributed by atoms with E-state index in [0.29, 0.717) is 24.7 Å². The number of fused-ring (bicyclic) bond motifs is 1. The van der Waals surface area contributed by atoms with Crippen LogP contribution in [0.5, 0.6) is 0 Å². The molecule has 0 unspecified atom stereocenters. The number of nitrogens with zero attached hydrogens (tertiary/aromatic N) is 1. The smallest absolute Gasteiger partial charge is 0.296 e. The first-order valence-electron chi connectivity index (χ1n) is 5.64. The molecular formula is C12H15N3O3. The maximum atomic E-state index is 11.4. The number of oxazole rings is 1. The number of hydrogen-bond donors (Lipinski definition) is 2. The van der Waals surface area contributed by atoms with E-state index >= 15 is 0 Å². The van der Waals surface area contributed by atoms with E-state index in [2.05, 4.69) is 15.6 Å². The summed E-state index contributed by atoms with van der Waals surface area (Å²) in [4.78, 5) is 15.6. The number of hydrogen-bond acceptors (Lipinski definition) is 5. The number of carbonyl (C=O) groups excluding carboxylic acids is 1. The Kier molecular flexibility index (Phi) is 4.14. The third-order valence-electron chi connectivity index (χ3n) is 2.32. The molecule has 0 fully saturated rings. The van der Waals surface area contributed by atoms with Crippen LogP contribution in [-0.4, -0.2) is 37.7 Å². The summed E-state index contributed by atoms with van der Waals surface area (Å²) in [5.74, 6) is -0.130. The van der Waals surface area contributed by atoms with Crippen molar-refractivity contribution in [1.29, 1.82) is 0 Å². The average molecular weight is 249 g/mol. The normalized spacial score (nSPS) is 10.5. The molecule has 1 aromatic heterocycles. The quantitative estimate of drug-likeness (QED) is 0.747. The lowest BCUT2D eigenvalue weighted by Gasteiger charge is -2.04. The molecule has 0 saturated heterocycles. The van der Waals surface area contributed by atoms with Crippen LogP contribution in [0.25, 0.3) is 11.1 Å². The first-order valence-corrected chi connectivity index (χ1v) is 5.64. The minimum Gasteiger partial charge on any atom is -0.424 e. The Hall–Kier alpha value is -2.08. The van der Waals surface area contributed by atoms with Crippen LogP contribution in [0.2, 0.25) is 0 Å². The molecule has 0 aliphatic heterocycles. The van der Waals surface area contributed by atoms with Gasteiger partial charge in [0.05, 0.1) is 13.2 Å². The lowest BCUT2D eigenvalue weighted by atomic mass is 10.3. The average Bonchev–Trinajstić information content (AvgIpc) is 2.79. The van der Waals surface area contributed by atoms with Crippen molar-refractivity contribution in [2.45, 2.75) is 0 Å². The third-order valence-corrected chi connectivity index (χ3v) is 2.32. The zero-order chi connectivity index (χ0) is 12.8. The Labute approximate surface area is 104 Å². The summed E-state index contributed by atoms with van der Waals surface area (Å²) in [7, 11) is 1.59. The second-order valence-corrected chi connectivity index (χ2v) is 3.68. The van der Waals surface area contributed by atoms with Crippen molar-refractivity contribution in [3.8, 4) is 0 Å². The van der Waals surface area contributed by atoms with Crippen molar-refractivity contribution < 1.29 is 13.9 Å². The van der Waals surface area contributed by atoms with Gasteiger partial charge in [-0.25, -0.2) is 0 Å². The molecule has 18 heavy (non-hydrogen) atoms. The molecule has 0 saturated carbocycles. The highest BCUT2D eigenvalue weighted by Gasteiger charge is 2.06. The van der Waals surface area contributed by atoms with Crippen LogP contribution in [0.1, 0.15) is 0 Å². The highest BCUT2D eigenvalue weighted by molar-refractivity contribution is 5.80. The Bertz CT molecular complexity index is 491. The van der Waals surface area contributed by atoms with Gasteiger partial charge in [-0.1, -0.05) is 12.1 Å². The van der Waals surface area contributed by atoms with Crippen molar-refractivity contribution in [2.75, 3.05) is 32.1 Å². The van der Waals surface area contributed by atoms with E-state index in [-0.39, 0.29) is 12.5 Å². The summed E-state index contributed by atoms with van der Waals surface area (Å²) < 4.78 is 10.2. The van der Waals surface area contributed by atoms with Crippen molar-refractivity contribution >= 4 is 23.0 Å². The fraction of sp³-hybridized carbons (Fsp3) is 0.333. The maximum Gasteiger partial charge on any atom is 0.296 e. The SMILES string of the molecule is COCCNC(=O)CNc1nc2ccccc2o1. The lowest BCUT2D eigenvalue weighted by Crippen LogP contribution is -2.32. The maximum absolute atomic E-state index is 11.4. The summed E-state index contributed by atoms with van der Waals surface area (Å²) in [6, 6.07) is 7.77. The molecule has 2 aromatic rings. The Morgan fingerprint density at radius 2 is 2.28 bits per heavy atom. The van der Waals surface area contributed by atoms with Crippen molar-refractivity contribution in [3.63, 3.8) is 0 Å². The summed E-state index contributed by atoms with van der Waals surface area (Å²) >= 11 is 0. The standard InChI is InChI=1S/C12H15N3O3/c1-17-7-6-13-11(16)8-14-12-15-9-4-2-3-5-10(9)18-12/h2-5H,6-8H2,1H3,(H,13,16)(H,14,15). The minimum absolute atomic E-state index is 0.122. The number of rotatable bonds is 6. The molecule has 0 aliphatic carbocycles. The van der Waals surface area contributed by atoms with Gasteiger partial charge in [-0.15, -0.1) is 0 Å². The van der Waals surface area contributed by atoms with E-state index in [9.17, 15) is 4.79 Å². The van der Waals surface area contributed by atoms with Gasteiger partial charge >= 0.3 is 0 Å². The van der Waals surface area contributed by atoms with Gasteiger partial charge in [0.15, 0.2) is 5.58 Å². The van der Waals surface area contributed by atoms with Gasteiger partial charge in [0.1, 0.15) is 5.52 Å². The number of benzene rings is 1. The number of carbonyl (C=O) groups is 1. The molecule has 2 rings (SSSR count). The van der Waals surface area contributed by atoms with Gasteiger partial charge < -0.3 is 19.8 Å². The fourth-order valence-electron chi connectivity index (χ4n) is 1.46. The van der Waals surface area contributed by atoms with Crippen LogP contribution in [0.15, 0.2) is 28.7 Å². The number of amides is 1. The van der Waals surface area contributed by atoms with Crippen molar-refractivity contribution in [1.82, 2.24) is 10.3 Å². The van der Waals surface area contributed by atoms with Gasteiger partial charge in [0.25, 0.3) is 6.01 Å². The van der Waals surface area contributed by atoms with Gasteiger partial charge in [-0.2, -0.15) is 4.98 Å². The van der Waals surface area contributed by atoms with Crippen LogP contribution in [0.4, 0.5) is 6.01 Å².